The molecule has 35 heavy (non-hydrogen) atoms. The molecule has 0 bridgehead atoms. The zero-order valence-corrected chi connectivity index (χ0v) is 21.1. The maximum atomic E-state index is 6.00. The SMILES string of the molecule is CN1CCN(Cn2nc(Cc3ccccc3)n(/N=C/c3ccc(-c4ccc(Cl)cc4)o3)c2=S)CC1. The van der Waals surface area contributed by atoms with Gasteiger partial charge in [0.05, 0.1) is 12.9 Å². The normalized spacial score (nSPS) is 15.3. The van der Waals surface area contributed by atoms with E-state index in [1.807, 2.05) is 59.3 Å². The van der Waals surface area contributed by atoms with Crippen molar-refractivity contribution in [1.29, 1.82) is 0 Å². The predicted molar refractivity (Wildman–Crippen MR) is 142 cm³/mol. The molecular weight excluding hydrogens is 480 g/mol. The van der Waals surface area contributed by atoms with Gasteiger partial charge in [0.15, 0.2) is 5.82 Å². The van der Waals surface area contributed by atoms with Crippen molar-refractivity contribution in [2.45, 2.75) is 13.1 Å². The van der Waals surface area contributed by atoms with Gasteiger partial charge < -0.3 is 9.32 Å². The first-order valence-electron chi connectivity index (χ1n) is 11.6. The van der Waals surface area contributed by atoms with Crippen molar-refractivity contribution in [3.05, 3.63) is 93.7 Å². The van der Waals surface area contributed by atoms with E-state index < -0.39 is 0 Å². The van der Waals surface area contributed by atoms with Crippen molar-refractivity contribution in [3.63, 3.8) is 0 Å². The van der Waals surface area contributed by atoms with E-state index in [9.17, 15) is 0 Å². The van der Waals surface area contributed by atoms with Crippen molar-refractivity contribution in [1.82, 2.24) is 24.3 Å². The molecule has 2 aromatic heterocycles. The van der Waals surface area contributed by atoms with Gasteiger partial charge >= 0.3 is 0 Å². The van der Waals surface area contributed by atoms with Crippen LogP contribution in [0.3, 0.4) is 0 Å². The van der Waals surface area contributed by atoms with Crippen LogP contribution in [-0.4, -0.2) is 63.7 Å². The second-order valence-electron chi connectivity index (χ2n) is 8.69. The molecule has 0 spiro atoms. The Bertz CT molecular complexity index is 1350. The van der Waals surface area contributed by atoms with Crippen molar-refractivity contribution in [2.75, 3.05) is 33.2 Å². The molecule has 0 amide bonds. The van der Waals surface area contributed by atoms with Gasteiger partial charge in [-0.25, -0.2) is 4.68 Å². The van der Waals surface area contributed by atoms with Crippen LogP contribution in [0.1, 0.15) is 17.1 Å². The lowest BCUT2D eigenvalue weighted by molar-refractivity contribution is 0.118. The van der Waals surface area contributed by atoms with Gasteiger partial charge in [-0.2, -0.15) is 14.9 Å². The molecule has 0 atom stereocenters. The smallest absolute Gasteiger partial charge is 0.220 e. The predicted octanol–water partition coefficient (Wildman–Crippen LogP) is 5.01. The number of rotatable bonds is 7. The van der Waals surface area contributed by atoms with Crippen LogP contribution >= 0.6 is 23.8 Å². The Labute approximate surface area is 214 Å². The third-order valence-corrected chi connectivity index (χ3v) is 6.71. The Hall–Kier alpha value is -3.04. The summed E-state index contributed by atoms with van der Waals surface area (Å²) in [5, 5.41) is 10.2. The Morgan fingerprint density at radius 2 is 1.74 bits per heavy atom. The number of hydrogen-bond donors (Lipinski definition) is 0. The topological polar surface area (TPSA) is 54.7 Å². The van der Waals surface area contributed by atoms with E-state index in [2.05, 4.69) is 34.1 Å². The van der Waals surface area contributed by atoms with E-state index in [1.165, 1.54) is 0 Å². The van der Waals surface area contributed by atoms with E-state index in [0.717, 1.165) is 48.9 Å². The van der Waals surface area contributed by atoms with Crippen molar-refractivity contribution in [2.24, 2.45) is 5.10 Å². The molecule has 0 unspecified atom stereocenters. The van der Waals surface area contributed by atoms with E-state index in [4.69, 9.17) is 33.3 Å². The zero-order valence-electron chi connectivity index (χ0n) is 19.5. The summed E-state index contributed by atoms with van der Waals surface area (Å²) in [4.78, 5) is 4.70. The van der Waals surface area contributed by atoms with E-state index in [1.54, 1.807) is 10.9 Å². The number of hydrogen-bond acceptors (Lipinski definition) is 6. The summed E-state index contributed by atoms with van der Waals surface area (Å²) < 4.78 is 10.2. The van der Waals surface area contributed by atoms with Crippen LogP contribution in [0.15, 0.2) is 76.2 Å². The monoisotopic (exact) mass is 506 g/mol. The van der Waals surface area contributed by atoms with E-state index in [-0.39, 0.29) is 0 Å². The molecule has 4 aromatic rings. The lowest BCUT2D eigenvalue weighted by Gasteiger charge is -2.31. The molecular formula is C26H27ClN6OS. The lowest BCUT2D eigenvalue weighted by Crippen LogP contribution is -2.45. The maximum Gasteiger partial charge on any atom is 0.220 e. The third kappa shape index (κ3) is 5.79. The largest absolute Gasteiger partial charge is 0.455 e. The minimum Gasteiger partial charge on any atom is -0.455 e. The average Bonchev–Trinajstić information content (AvgIpc) is 3.45. The summed E-state index contributed by atoms with van der Waals surface area (Å²) in [6, 6.07) is 21.6. The van der Waals surface area contributed by atoms with Crippen LogP contribution in [-0.2, 0) is 13.1 Å². The molecule has 1 aliphatic rings. The standard InChI is InChI=1S/C26H27ClN6OS/c1-30-13-15-31(16-14-30)19-32-26(35)33(25(29-32)17-20-5-3-2-4-6-20)28-18-23-11-12-24(34-23)21-7-9-22(27)10-8-21/h2-12,18H,13-17,19H2,1H3/b28-18+. The number of halogens is 1. The van der Waals surface area contributed by atoms with Crippen LogP contribution in [0, 0.1) is 4.77 Å². The summed E-state index contributed by atoms with van der Waals surface area (Å²) in [5.41, 5.74) is 2.11. The molecule has 1 aliphatic heterocycles. The van der Waals surface area contributed by atoms with E-state index >= 15 is 0 Å². The molecule has 0 saturated carbocycles. The van der Waals surface area contributed by atoms with Crippen LogP contribution in [0.25, 0.3) is 11.3 Å². The highest BCUT2D eigenvalue weighted by atomic mass is 35.5. The number of nitrogens with zero attached hydrogens (tertiary/aromatic N) is 6. The van der Waals surface area contributed by atoms with Gasteiger partial charge in [-0.15, -0.1) is 0 Å². The minimum absolute atomic E-state index is 0.565. The molecule has 0 radical (unpaired) electrons. The molecule has 0 aliphatic carbocycles. The van der Waals surface area contributed by atoms with Crippen molar-refractivity contribution in [3.8, 4) is 11.3 Å². The molecule has 1 saturated heterocycles. The minimum atomic E-state index is 0.565. The van der Waals surface area contributed by atoms with Gasteiger partial charge in [-0.05, 0) is 61.2 Å². The fourth-order valence-electron chi connectivity index (χ4n) is 4.03. The quantitative estimate of drug-likeness (QED) is 0.260. The second kappa shape index (κ2) is 10.7. The number of furan rings is 1. The number of likely N-dealkylation sites (N-methyl/N-ethyl adjacent to an activating group) is 1. The van der Waals surface area contributed by atoms with Crippen LogP contribution in [0.5, 0.6) is 0 Å². The Morgan fingerprint density at radius 1 is 1.00 bits per heavy atom. The first kappa shape index (κ1) is 23.7. The fourth-order valence-corrected chi connectivity index (χ4v) is 4.40. The van der Waals surface area contributed by atoms with Crippen molar-refractivity contribution >= 4 is 30.0 Å². The first-order chi connectivity index (χ1) is 17.0. The maximum absolute atomic E-state index is 6.00. The second-order valence-corrected chi connectivity index (χ2v) is 9.49. The molecule has 0 N–H and O–H groups in total. The van der Waals surface area contributed by atoms with E-state index in [0.29, 0.717) is 28.6 Å². The fraction of sp³-hybridized carbons (Fsp3) is 0.269. The van der Waals surface area contributed by atoms with Crippen LogP contribution < -0.4 is 0 Å². The Balaban J connectivity index is 1.41. The summed E-state index contributed by atoms with van der Waals surface area (Å²) in [6.07, 6.45) is 2.32. The average molecular weight is 507 g/mol. The Morgan fingerprint density at radius 3 is 2.49 bits per heavy atom. The molecule has 1 fully saturated rings. The molecule has 9 heteroatoms. The lowest BCUT2D eigenvalue weighted by atomic mass is 10.1. The molecule has 5 rings (SSSR count). The molecule has 180 valence electrons. The molecule has 7 nitrogen and oxygen atoms in total. The number of benzene rings is 2. The third-order valence-electron chi connectivity index (χ3n) is 6.07. The molecule has 3 heterocycles. The number of aromatic nitrogens is 3. The number of piperazine rings is 1. The molecule has 2 aromatic carbocycles. The van der Waals surface area contributed by atoms with Crippen LogP contribution in [0.4, 0.5) is 0 Å². The summed E-state index contributed by atoms with van der Waals surface area (Å²) in [6.45, 7) is 4.71. The van der Waals surface area contributed by atoms with Gasteiger partial charge in [0.2, 0.25) is 4.77 Å². The van der Waals surface area contributed by atoms with Crippen LogP contribution in [0.2, 0.25) is 5.02 Å². The van der Waals surface area contributed by atoms with Gasteiger partial charge in [0, 0.05) is 43.2 Å². The summed E-state index contributed by atoms with van der Waals surface area (Å²) >= 11 is 11.8. The summed E-state index contributed by atoms with van der Waals surface area (Å²) in [7, 11) is 2.15. The Kier molecular flexibility index (Phi) is 7.24. The van der Waals surface area contributed by atoms with Gasteiger partial charge in [0.25, 0.3) is 0 Å². The van der Waals surface area contributed by atoms with Gasteiger partial charge in [-0.1, -0.05) is 41.9 Å². The first-order valence-corrected chi connectivity index (χ1v) is 12.4. The van der Waals surface area contributed by atoms with Gasteiger partial charge in [0.1, 0.15) is 11.5 Å². The highest BCUT2D eigenvalue weighted by Crippen LogP contribution is 2.23. The zero-order chi connectivity index (χ0) is 24.2. The summed E-state index contributed by atoms with van der Waals surface area (Å²) in [5.74, 6) is 2.17. The van der Waals surface area contributed by atoms with Crippen molar-refractivity contribution < 1.29 is 4.42 Å². The van der Waals surface area contributed by atoms with Gasteiger partial charge in [-0.3, -0.25) is 4.90 Å². The highest BCUT2D eigenvalue weighted by Gasteiger charge is 2.17. The highest BCUT2D eigenvalue weighted by molar-refractivity contribution is 7.71.